The molecule has 1 unspecified atom stereocenters. The molecule has 1 aliphatic rings. The van der Waals surface area contributed by atoms with Crippen LogP contribution in [-0.2, 0) is 6.54 Å². The van der Waals surface area contributed by atoms with Crippen LogP contribution >= 0.6 is 15.9 Å². The number of likely N-dealkylation sites (tertiary alicyclic amines) is 1. The average molecular weight is 315 g/mol. The third-order valence-electron chi connectivity index (χ3n) is 3.77. The molecule has 2 nitrogen and oxygen atoms in total. The van der Waals surface area contributed by atoms with Crippen molar-refractivity contribution in [3.05, 3.63) is 34.1 Å². The van der Waals surface area contributed by atoms with Gasteiger partial charge in [-0.25, -0.2) is 4.39 Å². The van der Waals surface area contributed by atoms with Gasteiger partial charge in [0.1, 0.15) is 5.82 Å². The number of rotatable bonds is 3. The van der Waals surface area contributed by atoms with Crippen molar-refractivity contribution in [3.8, 4) is 0 Å². The molecule has 100 valence electrons. The zero-order chi connectivity index (χ0) is 13.1. The third kappa shape index (κ3) is 3.53. The van der Waals surface area contributed by atoms with Crippen molar-refractivity contribution in [2.75, 3.05) is 13.1 Å². The average Bonchev–Trinajstić information content (AvgIpc) is 2.34. The number of halogens is 2. The maximum absolute atomic E-state index is 13.4. The van der Waals surface area contributed by atoms with E-state index in [1.807, 2.05) is 6.07 Å². The molecule has 0 spiro atoms. The summed E-state index contributed by atoms with van der Waals surface area (Å²) in [6, 6.07) is 5.66. The first-order chi connectivity index (χ1) is 8.56. The molecule has 1 aromatic rings. The molecule has 4 heteroatoms. The van der Waals surface area contributed by atoms with Crippen LogP contribution in [0.25, 0.3) is 0 Å². The molecule has 0 bridgehead atoms. The van der Waals surface area contributed by atoms with Gasteiger partial charge in [0.05, 0.1) is 4.47 Å². The summed E-state index contributed by atoms with van der Waals surface area (Å²) in [5.41, 5.74) is 6.97. The van der Waals surface area contributed by atoms with Crippen LogP contribution in [-0.4, -0.2) is 24.0 Å². The number of hydrogen-bond acceptors (Lipinski definition) is 2. The Hall–Kier alpha value is -0.450. The number of piperidine rings is 1. The van der Waals surface area contributed by atoms with Gasteiger partial charge in [-0.1, -0.05) is 6.07 Å². The van der Waals surface area contributed by atoms with Crippen LogP contribution < -0.4 is 5.73 Å². The van der Waals surface area contributed by atoms with Crippen LogP contribution in [0.3, 0.4) is 0 Å². The molecule has 2 rings (SSSR count). The molecule has 2 N–H and O–H groups in total. The Morgan fingerprint density at radius 2 is 2.11 bits per heavy atom. The van der Waals surface area contributed by atoms with Gasteiger partial charge in [0.2, 0.25) is 0 Å². The van der Waals surface area contributed by atoms with Gasteiger partial charge in [-0.05, 0) is 72.4 Å². The SMILES string of the molecule is CC(N)C1CCN(Cc2ccc(Br)c(F)c2)CC1. The summed E-state index contributed by atoms with van der Waals surface area (Å²) >= 11 is 3.18. The summed E-state index contributed by atoms with van der Waals surface area (Å²) in [7, 11) is 0. The number of nitrogens with zero attached hydrogens (tertiary/aromatic N) is 1. The molecule has 0 aromatic heterocycles. The smallest absolute Gasteiger partial charge is 0.137 e. The molecule has 1 aromatic carbocycles. The summed E-state index contributed by atoms with van der Waals surface area (Å²) in [6.07, 6.45) is 2.30. The van der Waals surface area contributed by atoms with E-state index < -0.39 is 0 Å². The van der Waals surface area contributed by atoms with Crippen molar-refractivity contribution in [1.29, 1.82) is 0 Å². The molecular formula is C14H20BrFN2. The van der Waals surface area contributed by atoms with E-state index in [4.69, 9.17) is 5.73 Å². The van der Waals surface area contributed by atoms with E-state index in [0.717, 1.165) is 38.0 Å². The van der Waals surface area contributed by atoms with Crippen molar-refractivity contribution < 1.29 is 4.39 Å². The minimum atomic E-state index is -0.182. The van der Waals surface area contributed by atoms with Gasteiger partial charge in [0.25, 0.3) is 0 Å². The van der Waals surface area contributed by atoms with Gasteiger partial charge in [-0.15, -0.1) is 0 Å². The number of hydrogen-bond donors (Lipinski definition) is 1. The molecule has 0 saturated carbocycles. The maximum atomic E-state index is 13.4. The molecule has 1 saturated heterocycles. The van der Waals surface area contributed by atoms with Crippen LogP contribution in [0.15, 0.2) is 22.7 Å². The fourth-order valence-corrected chi connectivity index (χ4v) is 2.78. The first-order valence-electron chi connectivity index (χ1n) is 6.48. The Labute approximate surface area is 116 Å². The molecular weight excluding hydrogens is 295 g/mol. The van der Waals surface area contributed by atoms with E-state index >= 15 is 0 Å². The van der Waals surface area contributed by atoms with Crippen molar-refractivity contribution in [2.45, 2.75) is 32.4 Å². The van der Waals surface area contributed by atoms with Gasteiger partial charge in [0.15, 0.2) is 0 Å². The predicted octanol–water partition coefficient (Wildman–Crippen LogP) is 3.15. The molecule has 1 heterocycles. The highest BCUT2D eigenvalue weighted by molar-refractivity contribution is 9.10. The van der Waals surface area contributed by atoms with Gasteiger partial charge in [-0.3, -0.25) is 4.90 Å². The van der Waals surface area contributed by atoms with E-state index in [9.17, 15) is 4.39 Å². The van der Waals surface area contributed by atoms with Gasteiger partial charge in [-0.2, -0.15) is 0 Å². The van der Waals surface area contributed by atoms with Crippen LogP contribution in [0.2, 0.25) is 0 Å². The van der Waals surface area contributed by atoms with E-state index in [2.05, 4.69) is 27.8 Å². The molecule has 1 atom stereocenters. The highest BCUT2D eigenvalue weighted by Crippen LogP contribution is 2.22. The number of nitrogens with two attached hydrogens (primary N) is 1. The lowest BCUT2D eigenvalue weighted by Crippen LogP contribution is -2.39. The summed E-state index contributed by atoms with van der Waals surface area (Å²) in [5.74, 6) is 0.459. The second kappa shape index (κ2) is 6.13. The Balaban J connectivity index is 1.89. The Morgan fingerprint density at radius 3 is 2.67 bits per heavy atom. The van der Waals surface area contributed by atoms with Gasteiger partial charge >= 0.3 is 0 Å². The fraction of sp³-hybridized carbons (Fsp3) is 0.571. The first kappa shape index (κ1) is 14.0. The van der Waals surface area contributed by atoms with Crippen LogP contribution in [0.4, 0.5) is 4.39 Å². The lowest BCUT2D eigenvalue weighted by molar-refractivity contribution is 0.165. The molecule has 0 aliphatic carbocycles. The standard InChI is InChI=1S/C14H20BrFN2/c1-10(17)12-4-6-18(7-5-12)9-11-2-3-13(15)14(16)8-11/h2-3,8,10,12H,4-7,9,17H2,1H3. The van der Waals surface area contributed by atoms with Crippen molar-refractivity contribution in [2.24, 2.45) is 11.7 Å². The Morgan fingerprint density at radius 1 is 1.44 bits per heavy atom. The molecule has 0 amide bonds. The van der Waals surface area contributed by atoms with E-state index in [1.54, 1.807) is 12.1 Å². The maximum Gasteiger partial charge on any atom is 0.137 e. The number of benzene rings is 1. The normalized spacial score (nSPS) is 20.0. The van der Waals surface area contributed by atoms with Crippen molar-refractivity contribution in [1.82, 2.24) is 4.90 Å². The highest BCUT2D eigenvalue weighted by atomic mass is 79.9. The topological polar surface area (TPSA) is 29.3 Å². The molecule has 18 heavy (non-hydrogen) atoms. The monoisotopic (exact) mass is 314 g/mol. The highest BCUT2D eigenvalue weighted by Gasteiger charge is 2.21. The lowest BCUT2D eigenvalue weighted by Gasteiger charge is -2.33. The largest absolute Gasteiger partial charge is 0.328 e. The molecule has 1 fully saturated rings. The van der Waals surface area contributed by atoms with E-state index in [0.29, 0.717) is 10.4 Å². The van der Waals surface area contributed by atoms with Crippen LogP contribution in [0.1, 0.15) is 25.3 Å². The summed E-state index contributed by atoms with van der Waals surface area (Å²) in [4.78, 5) is 2.38. The third-order valence-corrected chi connectivity index (χ3v) is 4.41. The minimum absolute atomic E-state index is 0.182. The lowest BCUT2D eigenvalue weighted by atomic mass is 9.91. The second-order valence-electron chi connectivity index (χ2n) is 5.22. The predicted molar refractivity (Wildman–Crippen MR) is 75.8 cm³/mol. The quantitative estimate of drug-likeness (QED) is 0.928. The molecule has 0 radical (unpaired) electrons. The van der Waals surface area contributed by atoms with Crippen molar-refractivity contribution in [3.63, 3.8) is 0 Å². The zero-order valence-corrected chi connectivity index (χ0v) is 12.3. The second-order valence-corrected chi connectivity index (χ2v) is 6.08. The van der Waals surface area contributed by atoms with Crippen molar-refractivity contribution >= 4 is 15.9 Å². The minimum Gasteiger partial charge on any atom is -0.328 e. The fourth-order valence-electron chi connectivity index (χ4n) is 2.53. The summed E-state index contributed by atoms with van der Waals surface area (Å²) in [5, 5.41) is 0. The Kier molecular flexibility index (Phi) is 4.76. The summed E-state index contributed by atoms with van der Waals surface area (Å²) < 4.78 is 13.9. The van der Waals surface area contributed by atoms with Crippen LogP contribution in [0, 0.1) is 11.7 Å². The Bertz CT molecular complexity index is 401. The first-order valence-corrected chi connectivity index (χ1v) is 7.27. The van der Waals surface area contributed by atoms with E-state index in [-0.39, 0.29) is 11.9 Å². The zero-order valence-electron chi connectivity index (χ0n) is 10.7. The van der Waals surface area contributed by atoms with Crippen LogP contribution in [0.5, 0.6) is 0 Å². The van der Waals surface area contributed by atoms with Gasteiger partial charge < -0.3 is 5.73 Å². The summed E-state index contributed by atoms with van der Waals surface area (Å²) in [6.45, 7) is 5.04. The van der Waals surface area contributed by atoms with Gasteiger partial charge in [0, 0.05) is 12.6 Å². The molecule has 1 aliphatic heterocycles. The van der Waals surface area contributed by atoms with E-state index in [1.165, 1.54) is 0 Å².